The molecule has 156 valence electrons. The summed E-state index contributed by atoms with van der Waals surface area (Å²) >= 11 is 6.11. The van der Waals surface area contributed by atoms with Crippen LogP contribution in [0.3, 0.4) is 0 Å². The van der Waals surface area contributed by atoms with E-state index < -0.39 is 6.67 Å². The fourth-order valence-electron chi connectivity index (χ4n) is 3.49. The Morgan fingerprint density at radius 2 is 1.97 bits per heavy atom. The van der Waals surface area contributed by atoms with Crippen molar-refractivity contribution in [2.75, 3.05) is 38.2 Å². The number of aldehydes is 1. The van der Waals surface area contributed by atoms with Crippen molar-refractivity contribution in [2.24, 2.45) is 0 Å². The van der Waals surface area contributed by atoms with E-state index in [0.29, 0.717) is 48.2 Å². The Labute approximate surface area is 174 Å². The van der Waals surface area contributed by atoms with Gasteiger partial charge in [-0.3, -0.25) is 14.3 Å². The molecule has 1 aromatic carbocycles. The largest absolute Gasteiger partial charge is 0.495 e. The summed E-state index contributed by atoms with van der Waals surface area (Å²) in [6.45, 7) is 5.25. The molecule has 29 heavy (non-hydrogen) atoms. The number of alkyl halides is 1. The number of halogens is 2. The van der Waals surface area contributed by atoms with Crippen molar-refractivity contribution in [2.45, 2.75) is 27.1 Å². The Balaban J connectivity index is 1.68. The van der Waals surface area contributed by atoms with Crippen LogP contribution in [-0.4, -0.2) is 60.2 Å². The normalized spacial score (nSPS) is 14.2. The molecule has 2 heterocycles. The Morgan fingerprint density at radius 1 is 1.28 bits per heavy atom. The van der Waals surface area contributed by atoms with E-state index in [4.69, 9.17) is 16.3 Å². The zero-order valence-electron chi connectivity index (χ0n) is 16.7. The first kappa shape index (κ1) is 21.1. The molecule has 0 radical (unpaired) electrons. The molecule has 0 saturated carbocycles. The average Bonchev–Trinajstić information content (AvgIpc) is 3.01. The molecule has 2 aromatic rings. The maximum absolute atomic E-state index is 13.0. The summed E-state index contributed by atoms with van der Waals surface area (Å²) in [6, 6.07) is 3.34. The van der Waals surface area contributed by atoms with Crippen LogP contribution in [0.25, 0.3) is 0 Å². The lowest BCUT2D eigenvalue weighted by molar-refractivity contribution is -0.132. The number of benzene rings is 1. The number of piperazine rings is 1. The molecule has 0 spiro atoms. The Bertz CT molecular complexity index is 923. The van der Waals surface area contributed by atoms with E-state index in [9.17, 15) is 14.0 Å². The van der Waals surface area contributed by atoms with Crippen LogP contribution in [0.5, 0.6) is 5.75 Å². The summed E-state index contributed by atoms with van der Waals surface area (Å²) in [6.07, 6.45) is 0.767. The standard InChI is InChI=1S/C20H24ClFN4O3/c1-13-14(2)26(23-17(13)10-22)11-20(28)25-6-4-24(5-7-25)18-9-19(29-3)16(21)8-15(18)12-27/h8-9,12H,4-7,10-11H2,1-3H3. The van der Waals surface area contributed by atoms with Crippen LogP contribution in [0.15, 0.2) is 12.1 Å². The molecule has 1 aromatic heterocycles. The van der Waals surface area contributed by atoms with Crippen LogP contribution in [0.2, 0.25) is 5.02 Å². The van der Waals surface area contributed by atoms with E-state index in [0.717, 1.165) is 23.2 Å². The van der Waals surface area contributed by atoms with Gasteiger partial charge in [0.05, 0.1) is 23.5 Å². The van der Waals surface area contributed by atoms with Gasteiger partial charge in [0, 0.05) is 43.5 Å². The van der Waals surface area contributed by atoms with Gasteiger partial charge in [0.1, 0.15) is 19.0 Å². The maximum atomic E-state index is 13.0. The van der Waals surface area contributed by atoms with E-state index in [1.807, 2.05) is 18.7 Å². The van der Waals surface area contributed by atoms with Gasteiger partial charge in [0.15, 0.2) is 6.29 Å². The topological polar surface area (TPSA) is 67.7 Å². The number of carbonyl (C=O) groups excluding carboxylic acids is 2. The molecule has 3 rings (SSSR count). The van der Waals surface area contributed by atoms with Gasteiger partial charge in [-0.05, 0) is 25.5 Å². The minimum absolute atomic E-state index is 0.0649. The van der Waals surface area contributed by atoms with Gasteiger partial charge in [0.25, 0.3) is 0 Å². The third-order valence-electron chi connectivity index (χ3n) is 5.42. The highest BCUT2D eigenvalue weighted by molar-refractivity contribution is 6.32. The lowest BCUT2D eigenvalue weighted by Gasteiger charge is -2.36. The van der Waals surface area contributed by atoms with E-state index in [-0.39, 0.29) is 12.5 Å². The average molecular weight is 423 g/mol. The monoisotopic (exact) mass is 422 g/mol. The summed E-state index contributed by atoms with van der Waals surface area (Å²) < 4.78 is 19.8. The van der Waals surface area contributed by atoms with Crippen LogP contribution in [0.4, 0.5) is 10.1 Å². The number of methoxy groups -OCH3 is 1. The summed E-state index contributed by atoms with van der Waals surface area (Å²) in [7, 11) is 1.52. The third-order valence-corrected chi connectivity index (χ3v) is 5.71. The summed E-state index contributed by atoms with van der Waals surface area (Å²) in [5.74, 6) is 0.434. The molecule has 9 heteroatoms. The van der Waals surface area contributed by atoms with Gasteiger partial charge in [-0.2, -0.15) is 5.10 Å². The molecule has 1 aliphatic rings. The molecule has 1 amide bonds. The van der Waals surface area contributed by atoms with E-state index >= 15 is 0 Å². The van der Waals surface area contributed by atoms with Gasteiger partial charge in [-0.15, -0.1) is 0 Å². The molecule has 0 atom stereocenters. The number of hydrogen-bond acceptors (Lipinski definition) is 5. The highest BCUT2D eigenvalue weighted by Crippen LogP contribution is 2.33. The molecule has 0 bridgehead atoms. The molecule has 7 nitrogen and oxygen atoms in total. The quantitative estimate of drug-likeness (QED) is 0.669. The number of hydrogen-bond donors (Lipinski definition) is 0. The van der Waals surface area contributed by atoms with Gasteiger partial charge in [0.2, 0.25) is 5.91 Å². The van der Waals surface area contributed by atoms with Crippen molar-refractivity contribution in [1.29, 1.82) is 0 Å². The van der Waals surface area contributed by atoms with Crippen LogP contribution in [-0.2, 0) is 18.0 Å². The lowest BCUT2D eigenvalue weighted by atomic mass is 10.1. The molecule has 1 saturated heterocycles. The van der Waals surface area contributed by atoms with Crippen molar-refractivity contribution < 1.29 is 18.7 Å². The fourth-order valence-corrected chi connectivity index (χ4v) is 3.74. The Kier molecular flexibility index (Phi) is 6.42. The van der Waals surface area contributed by atoms with Crippen molar-refractivity contribution in [3.05, 3.63) is 39.7 Å². The number of amides is 1. The van der Waals surface area contributed by atoms with Gasteiger partial charge in [-0.25, -0.2) is 4.39 Å². The summed E-state index contributed by atoms with van der Waals surface area (Å²) in [4.78, 5) is 28.0. The molecular formula is C20H24ClFN4O3. The molecule has 0 unspecified atom stereocenters. The third kappa shape index (κ3) is 4.22. The Morgan fingerprint density at radius 3 is 2.52 bits per heavy atom. The van der Waals surface area contributed by atoms with Crippen molar-refractivity contribution in [1.82, 2.24) is 14.7 Å². The van der Waals surface area contributed by atoms with Gasteiger partial charge >= 0.3 is 0 Å². The van der Waals surface area contributed by atoms with Crippen molar-refractivity contribution in [3.8, 4) is 5.75 Å². The van der Waals surface area contributed by atoms with Gasteiger partial charge < -0.3 is 14.5 Å². The van der Waals surface area contributed by atoms with Crippen LogP contribution < -0.4 is 9.64 Å². The van der Waals surface area contributed by atoms with Crippen LogP contribution in [0, 0.1) is 13.8 Å². The number of ether oxygens (including phenoxy) is 1. The predicted octanol–water partition coefficient (Wildman–Crippen LogP) is 2.79. The first-order chi connectivity index (χ1) is 13.9. The minimum Gasteiger partial charge on any atom is -0.495 e. The van der Waals surface area contributed by atoms with E-state index in [2.05, 4.69) is 5.10 Å². The van der Waals surface area contributed by atoms with Crippen LogP contribution >= 0.6 is 11.6 Å². The number of carbonyl (C=O) groups is 2. The second kappa shape index (κ2) is 8.82. The molecule has 0 aliphatic carbocycles. The number of anilines is 1. The number of aromatic nitrogens is 2. The highest BCUT2D eigenvalue weighted by atomic mass is 35.5. The molecule has 1 fully saturated rings. The summed E-state index contributed by atoms with van der Waals surface area (Å²) in [5.41, 5.74) is 3.17. The SMILES string of the molecule is COc1cc(N2CCN(C(=O)Cn3nc(CF)c(C)c3C)CC2)c(C=O)cc1Cl. The zero-order valence-corrected chi connectivity index (χ0v) is 17.5. The van der Waals surface area contributed by atoms with Gasteiger partial charge in [-0.1, -0.05) is 11.6 Å². The van der Waals surface area contributed by atoms with Crippen LogP contribution in [0.1, 0.15) is 27.3 Å². The van der Waals surface area contributed by atoms with Crippen molar-refractivity contribution >= 4 is 29.5 Å². The highest BCUT2D eigenvalue weighted by Gasteiger charge is 2.24. The van der Waals surface area contributed by atoms with E-state index in [1.54, 1.807) is 21.7 Å². The number of rotatable bonds is 6. The smallest absolute Gasteiger partial charge is 0.244 e. The first-order valence-corrected chi connectivity index (χ1v) is 9.71. The molecule has 0 N–H and O–H groups in total. The second-order valence-corrected chi connectivity index (χ2v) is 7.39. The number of nitrogens with zero attached hydrogens (tertiary/aromatic N) is 4. The minimum atomic E-state index is -0.643. The fraction of sp³-hybridized carbons (Fsp3) is 0.450. The van der Waals surface area contributed by atoms with E-state index in [1.165, 1.54) is 7.11 Å². The molecule has 1 aliphatic heterocycles. The first-order valence-electron chi connectivity index (χ1n) is 9.33. The predicted molar refractivity (Wildman–Crippen MR) is 109 cm³/mol. The summed E-state index contributed by atoms with van der Waals surface area (Å²) in [5, 5.41) is 4.57. The second-order valence-electron chi connectivity index (χ2n) is 6.98. The van der Waals surface area contributed by atoms with Crippen molar-refractivity contribution in [3.63, 3.8) is 0 Å². The lowest BCUT2D eigenvalue weighted by Crippen LogP contribution is -2.50. The Hall–Kier alpha value is -2.61. The zero-order chi connectivity index (χ0) is 21.1. The maximum Gasteiger partial charge on any atom is 0.244 e. The molecular weight excluding hydrogens is 399 g/mol.